The second-order valence-electron chi connectivity index (χ2n) is 11.7. The van der Waals surface area contributed by atoms with E-state index in [1.807, 2.05) is 0 Å². The van der Waals surface area contributed by atoms with Crippen molar-refractivity contribution >= 4 is 44.1 Å². The van der Waals surface area contributed by atoms with E-state index in [-0.39, 0.29) is 5.41 Å². The van der Waals surface area contributed by atoms with Crippen LogP contribution in [0.3, 0.4) is 0 Å². The van der Waals surface area contributed by atoms with Crippen LogP contribution in [0, 0.1) is 0 Å². The molecule has 2 aliphatic carbocycles. The molecule has 0 unspecified atom stereocenters. The Bertz CT molecular complexity index is 2380. The van der Waals surface area contributed by atoms with Gasteiger partial charge in [0.2, 0.25) is 0 Å². The molecule has 0 fully saturated rings. The Labute approximate surface area is 248 Å². The van der Waals surface area contributed by atoms with Gasteiger partial charge in [-0.3, -0.25) is 0 Å². The highest BCUT2D eigenvalue weighted by molar-refractivity contribution is 6.15. The van der Waals surface area contributed by atoms with Crippen molar-refractivity contribution in [2.45, 2.75) is 5.41 Å². The molecule has 1 heterocycles. The van der Waals surface area contributed by atoms with E-state index >= 15 is 0 Å². The Balaban J connectivity index is 1.20. The van der Waals surface area contributed by atoms with Gasteiger partial charge in [-0.25, -0.2) is 0 Å². The lowest BCUT2D eigenvalue weighted by atomic mass is 9.70. The van der Waals surface area contributed by atoms with E-state index in [0.717, 1.165) is 33.3 Å². The van der Waals surface area contributed by atoms with Crippen LogP contribution in [0.15, 0.2) is 150 Å². The van der Waals surface area contributed by atoms with Gasteiger partial charge in [0.25, 0.3) is 0 Å². The molecule has 0 bridgehead atoms. The molecule has 1 N–H and O–H groups in total. The van der Waals surface area contributed by atoms with Crippen molar-refractivity contribution in [3.8, 4) is 22.3 Å². The summed E-state index contributed by atoms with van der Waals surface area (Å²) in [6.07, 6.45) is 0. The third-order valence-electron chi connectivity index (χ3n) is 9.64. The van der Waals surface area contributed by atoms with Gasteiger partial charge in [0, 0.05) is 11.1 Å². The number of anilines is 2. The minimum Gasteiger partial charge on any atom is -0.456 e. The molecule has 0 saturated carbocycles. The van der Waals surface area contributed by atoms with E-state index in [1.54, 1.807) is 0 Å². The maximum Gasteiger partial charge on any atom is 0.137 e. The van der Waals surface area contributed by atoms with E-state index in [9.17, 15) is 0 Å². The van der Waals surface area contributed by atoms with Crippen LogP contribution in [0.5, 0.6) is 0 Å². The Hall–Kier alpha value is -5.60. The van der Waals surface area contributed by atoms with Gasteiger partial charge in [0.15, 0.2) is 0 Å². The fraction of sp³-hybridized carbons (Fsp3) is 0.0244. The average molecular weight is 548 g/mol. The van der Waals surface area contributed by atoms with E-state index in [1.165, 1.54) is 55.3 Å². The van der Waals surface area contributed by atoms with E-state index in [0.29, 0.717) is 0 Å². The van der Waals surface area contributed by atoms with Gasteiger partial charge >= 0.3 is 0 Å². The molecule has 1 spiro atoms. The van der Waals surface area contributed by atoms with Crippen LogP contribution in [0.1, 0.15) is 22.3 Å². The van der Waals surface area contributed by atoms with E-state index < -0.39 is 0 Å². The van der Waals surface area contributed by atoms with Gasteiger partial charge in [-0.1, -0.05) is 109 Å². The van der Waals surface area contributed by atoms with Crippen molar-refractivity contribution in [3.05, 3.63) is 168 Å². The lowest BCUT2D eigenvalue weighted by Gasteiger charge is -2.30. The number of furan rings is 1. The van der Waals surface area contributed by atoms with E-state index in [4.69, 9.17) is 4.42 Å². The predicted molar refractivity (Wildman–Crippen MR) is 177 cm³/mol. The van der Waals surface area contributed by atoms with Crippen molar-refractivity contribution in [3.63, 3.8) is 0 Å². The van der Waals surface area contributed by atoms with Crippen molar-refractivity contribution in [1.82, 2.24) is 0 Å². The molecule has 0 saturated heterocycles. The van der Waals surface area contributed by atoms with Crippen molar-refractivity contribution < 1.29 is 4.42 Å². The molecule has 7 aromatic carbocycles. The lowest BCUT2D eigenvalue weighted by Crippen LogP contribution is -2.25. The molecule has 0 atom stereocenters. The van der Waals surface area contributed by atoms with Crippen LogP contribution in [0.2, 0.25) is 0 Å². The molecule has 0 radical (unpaired) electrons. The number of nitrogens with one attached hydrogen (secondary N) is 1. The topological polar surface area (TPSA) is 25.2 Å². The molecule has 2 heteroatoms. The molecular formula is C41H25NO. The molecule has 200 valence electrons. The molecule has 2 aliphatic rings. The molecule has 0 aliphatic heterocycles. The van der Waals surface area contributed by atoms with Crippen LogP contribution >= 0.6 is 0 Å². The van der Waals surface area contributed by atoms with Crippen molar-refractivity contribution in [2.75, 3.05) is 5.32 Å². The molecule has 2 nitrogen and oxygen atoms in total. The van der Waals surface area contributed by atoms with Gasteiger partial charge in [0.05, 0.1) is 16.5 Å². The molecule has 1 aromatic heterocycles. The highest BCUT2D eigenvalue weighted by atomic mass is 16.3. The third-order valence-corrected chi connectivity index (χ3v) is 9.64. The first-order chi connectivity index (χ1) is 21.3. The first kappa shape index (κ1) is 23.0. The number of fused-ring (bicyclic) bond motifs is 14. The summed E-state index contributed by atoms with van der Waals surface area (Å²) in [5, 5.41) is 8.45. The monoisotopic (exact) mass is 547 g/mol. The average Bonchev–Trinajstić information content (AvgIpc) is 3.67. The minimum atomic E-state index is -0.357. The normalized spacial score (nSPS) is 13.8. The van der Waals surface area contributed by atoms with Crippen LogP contribution in [0.25, 0.3) is 55.0 Å². The summed E-state index contributed by atoms with van der Waals surface area (Å²) in [6.45, 7) is 0. The summed E-state index contributed by atoms with van der Waals surface area (Å²) in [6, 6.07) is 52.9. The fourth-order valence-corrected chi connectivity index (χ4v) is 7.94. The zero-order valence-electron chi connectivity index (χ0n) is 23.3. The van der Waals surface area contributed by atoms with Gasteiger partial charge in [-0.2, -0.15) is 0 Å². The van der Waals surface area contributed by atoms with Crippen LogP contribution in [0.4, 0.5) is 11.4 Å². The fourth-order valence-electron chi connectivity index (χ4n) is 7.94. The summed E-state index contributed by atoms with van der Waals surface area (Å²) in [5.41, 5.74) is 14.2. The molecule has 8 aromatic rings. The zero-order chi connectivity index (χ0) is 28.1. The smallest absolute Gasteiger partial charge is 0.137 e. The highest BCUT2D eigenvalue weighted by Crippen LogP contribution is 2.63. The largest absolute Gasteiger partial charge is 0.456 e. The summed E-state index contributed by atoms with van der Waals surface area (Å²) in [5.74, 6) is 0. The Kier molecular flexibility index (Phi) is 4.41. The van der Waals surface area contributed by atoms with Crippen molar-refractivity contribution in [1.29, 1.82) is 0 Å². The maximum absolute atomic E-state index is 6.37. The summed E-state index contributed by atoms with van der Waals surface area (Å²) < 4.78 is 6.37. The number of rotatable bonds is 2. The molecule has 43 heavy (non-hydrogen) atoms. The molecular weight excluding hydrogens is 522 g/mol. The van der Waals surface area contributed by atoms with Crippen molar-refractivity contribution in [2.24, 2.45) is 0 Å². The summed E-state index contributed by atoms with van der Waals surface area (Å²) in [4.78, 5) is 0. The van der Waals surface area contributed by atoms with Crippen LogP contribution in [-0.2, 0) is 5.41 Å². The van der Waals surface area contributed by atoms with Gasteiger partial charge in [-0.05, 0) is 91.7 Å². The third kappa shape index (κ3) is 2.92. The molecule has 10 rings (SSSR count). The minimum absolute atomic E-state index is 0.357. The Morgan fingerprint density at radius 1 is 0.442 bits per heavy atom. The Morgan fingerprint density at radius 2 is 1.02 bits per heavy atom. The molecule has 0 amide bonds. The first-order valence-electron chi connectivity index (χ1n) is 14.9. The second-order valence-corrected chi connectivity index (χ2v) is 11.7. The number of hydrogen-bond donors (Lipinski definition) is 1. The van der Waals surface area contributed by atoms with E-state index in [2.05, 4.69) is 151 Å². The standard InChI is InChI=1S/C41H25NO/c1-2-11-26-23-39-32(22-25(26)10-1)40-37(18-9-19-38(40)43-39)42-27-20-21-31-30-14-5-8-17-35(30)41(36(31)24-27)33-15-6-3-12-28(33)29-13-4-7-16-34(29)41/h1-24,42H. The quantitative estimate of drug-likeness (QED) is 0.233. The first-order valence-corrected chi connectivity index (χ1v) is 14.9. The predicted octanol–water partition coefficient (Wildman–Crippen LogP) is 10.8. The summed E-state index contributed by atoms with van der Waals surface area (Å²) in [7, 11) is 0. The SMILES string of the molecule is c1ccc2c(c1)-c1ccccc1C21c2ccccc2-c2ccc(Nc3cccc4oc5cc6ccccc6cc5c34)cc21. The zero-order valence-corrected chi connectivity index (χ0v) is 23.3. The van der Waals surface area contributed by atoms with Gasteiger partial charge in [-0.15, -0.1) is 0 Å². The lowest BCUT2D eigenvalue weighted by molar-refractivity contribution is 0.669. The maximum atomic E-state index is 6.37. The summed E-state index contributed by atoms with van der Waals surface area (Å²) >= 11 is 0. The van der Waals surface area contributed by atoms with Gasteiger partial charge in [0.1, 0.15) is 11.2 Å². The number of benzene rings is 7. The van der Waals surface area contributed by atoms with Gasteiger partial charge < -0.3 is 9.73 Å². The van der Waals surface area contributed by atoms with Crippen LogP contribution < -0.4 is 5.32 Å². The Morgan fingerprint density at radius 3 is 1.70 bits per heavy atom. The second kappa shape index (κ2) is 8.24. The highest BCUT2D eigenvalue weighted by Gasteiger charge is 2.51. The number of hydrogen-bond acceptors (Lipinski definition) is 2. The van der Waals surface area contributed by atoms with Crippen LogP contribution in [-0.4, -0.2) is 0 Å².